The van der Waals surface area contributed by atoms with Crippen molar-refractivity contribution >= 4 is 28.5 Å². The minimum Gasteiger partial charge on any atom is -0.496 e. The van der Waals surface area contributed by atoms with Crippen molar-refractivity contribution in [3.05, 3.63) is 42.2 Å². The van der Waals surface area contributed by atoms with Crippen LogP contribution in [0.1, 0.15) is 51.1 Å². The number of hydrogen-bond acceptors (Lipinski definition) is 6. The summed E-state index contributed by atoms with van der Waals surface area (Å²) in [6, 6.07) is 3.95. The predicted octanol–water partition coefficient (Wildman–Crippen LogP) is 4.90. The Labute approximate surface area is 223 Å². The topological polar surface area (TPSA) is 109 Å². The van der Waals surface area contributed by atoms with E-state index >= 15 is 0 Å². The van der Waals surface area contributed by atoms with Crippen LogP contribution in [0.2, 0.25) is 0 Å². The summed E-state index contributed by atoms with van der Waals surface area (Å²) in [7, 11) is 1.29. The summed E-state index contributed by atoms with van der Waals surface area (Å²) < 4.78 is 50.5. The van der Waals surface area contributed by atoms with E-state index in [0.29, 0.717) is 30.3 Å². The maximum absolute atomic E-state index is 14.4. The molecule has 0 spiro atoms. The van der Waals surface area contributed by atoms with E-state index in [2.05, 4.69) is 25.2 Å². The Balaban J connectivity index is 1.74. The zero-order valence-corrected chi connectivity index (χ0v) is 21.8. The average Bonchev–Trinajstić information content (AvgIpc) is 3.82. The van der Waals surface area contributed by atoms with E-state index in [1.165, 1.54) is 36.5 Å². The Hall–Kier alpha value is -3.83. The second-order valence-electron chi connectivity index (χ2n) is 10.5. The van der Waals surface area contributed by atoms with Gasteiger partial charge in [0.1, 0.15) is 17.5 Å². The molecule has 208 valence electrons. The molecule has 39 heavy (non-hydrogen) atoms. The monoisotopic (exact) mass is 545 g/mol. The number of anilines is 1. The highest BCUT2D eigenvalue weighted by molar-refractivity contribution is 6.09. The van der Waals surface area contributed by atoms with Crippen molar-refractivity contribution in [1.29, 1.82) is 0 Å². The van der Waals surface area contributed by atoms with Crippen molar-refractivity contribution < 1.29 is 32.2 Å². The average molecular weight is 546 g/mol. The fourth-order valence-electron chi connectivity index (χ4n) is 5.01. The molecule has 2 fully saturated rings. The van der Waals surface area contributed by atoms with Gasteiger partial charge in [-0.2, -0.15) is 5.10 Å². The first kappa shape index (κ1) is 26.8. The van der Waals surface area contributed by atoms with Crippen molar-refractivity contribution in [2.24, 2.45) is 17.3 Å². The molecule has 2 N–H and O–H groups in total. The number of ether oxygens (including phenoxy) is 2. The lowest BCUT2D eigenvalue weighted by atomic mass is 9.89. The highest BCUT2D eigenvalue weighted by Crippen LogP contribution is 2.55. The number of fused-ring (bicyclic) bond motifs is 1. The molecular weight excluding hydrogens is 515 g/mol. The fraction of sp³-hybridized carbons (Fsp3) is 0.481. The number of benzene rings is 1. The van der Waals surface area contributed by atoms with Crippen molar-refractivity contribution in [3.8, 4) is 11.5 Å². The van der Waals surface area contributed by atoms with Crippen molar-refractivity contribution in [1.82, 2.24) is 20.5 Å². The molecule has 0 bridgehead atoms. The fourth-order valence-corrected chi connectivity index (χ4v) is 5.01. The standard InChI is InChI=1S/C27H30F3N5O4/c1-15(2)26(10-11-26)25(37)35(23-17-9-12-31-14-18(17)33-34-23)22(24(36)32-13-16-7-8-16)21-19(38-3)5-4-6-20(21)39-27(28,29)30/h4-6,9,12,14-16,22H,7-8,10-11,13H2,1-3H3,(H,32,36)(H,33,34). The Morgan fingerprint density at radius 2 is 1.92 bits per heavy atom. The van der Waals surface area contributed by atoms with Crippen LogP contribution < -0.4 is 19.7 Å². The van der Waals surface area contributed by atoms with E-state index in [4.69, 9.17) is 4.74 Å². The molecule has 9 nitrogen and oxygen atoms in total. The third-order valence-electron chi connectivity index (χ3n) is 7.62. The number of aromatic nitrogens is 3. The molecule has 1 aromatic carbocycles. The van der Waals surface area contributed by atoms with Gasteiger partial charge in [0.05, 0.1) is 29.8 Å². The van der Waals surface area contributed by atoms with Crippen molar-refractivity contribution in [3.63, 3.8) is 0 Å². The van der Waals surface area contributed by atoms with Crippen LogP contribution in [0.15, 0.2) is 36.7 Å². The second kappa shape index (κ2) is 10.0. The van der Waals surface area contributed by atoms with Crippen LogP contribution in [0.4, 0.5) is 19.0 Å². The number of carbonyl (C=O) groups is 2. The molecule has 0 radical (unpaired) electrons. The number of alkyl halides is 3. The van der Waals surface area contributed by atoms with Crippen LogP contribution in [-0.2, 0) is 9.59 Å². The molecule has 0 aliphatic heterocycles. The van der Waals surface area contributed by atoms with Gasteiger partial charge in [0.25, 0.3) is 0 Å². The van der Waals surface area contributed by atoms with E-state index in [0.717, 1.165) is 18.9 Å². The number of hydrogen-bond donors (Lipinski definition) is 2. The maximum atomic E-state index is 14.4. The van der Waals surface area contributed by atoms with Crippen LogP contribution in [0.3, 0.4) is 0 Å². The normalized spacial score (nSPS) is 17.1. The van der Waals surface area contributed by atoms with Gasteiger partial charge in [0.15, 0.2) is 5.82 Å². The zero-order valence-electron chi connectivity index (χ0n) is 21.8. The maximum Gasteiger partial charge on any atom is 0.573 e. The molecule has 2 heterocycles. The Morgan fingerprint density at radius 1 is 1.21 bits per heavy atom. The smallest absolute Gasteiger partial charge is 0.496 e. The molecule has 5 rings (SSSR count). The minimum absolute atomic E-state index is 0.0305. The summed E-state index contributed by atoms with van der Waals surface area (Å²) in [5.74, 6) is -1.42. The van der Waals surface area contributed by atoms with Gasteiger partial charge in [-0.25, -0.2) is 0 Å². The summed E-state index contributed by atoms with van der Waals surface area (Å²) >= 11 is 0. The molecule has 1 unspecified atom stereocenters. The molecular formula is C27H30F3N5O4. The number of methoxy groups -OCH3 is 1. The summed E-state index contributed by atoms with van der Waals surface area (Å²) in [5, 5.41) is 10.5. The van der Waals surface area contributed by atoms with Gasteiger partial charge in [-0.15, -0.1) is 13.2 Å². The number of pyridine rings is 1. The Kier molecular flexibility index (Phi) is 6.90. The van der Waals surface area contributed by atoms with Gasteiger partial charge >= 0.3 is 6.36 Å². The van der Waals surface area contributed by atoms with Crippen LogP contribution in [0.5, 0.6) is 11.5 Å². The zero-order chi connectivity index (χ0) is 27.9. The highest BCUT2D eigenvalue weighted by Gasteiger charge is 2.57. The van der Waals surface area contributed by atoms with Crippen LogP contribution in [0.25, 0.3) is 10.9 Å². The highest BCUT2D eigenvalue weighted by atomic mass is 19.4. The van der Waals surface area contributed by atoms with E-state index in [9.17, 15) is 22.8 Å². The summed E-state index contributed by atoms with van der Waals surface area (Å²) in [6.07, 6.45) is 1.04. The third-order valence-corrected chi connectivity index (χ3v) is 7.62. The number of nitrogens with one attached hydrogen (secondary N) is 2. The van der Waals surface area contributed by atoms with Crippen LogP contribution in [-0.4, -0.2) is 47.0 Å². The van der Waals surface area contributed by atoms with Gasteiger partial charge in [-0.1, -0.05) is 19.9 Å². The van der Waals surface area contributed by atoms with Crippen LogP contribution in [0, 0.1) is 17.3 Å². The minimum atomic E-state index is -5.05. The first-order valence-corrected chi connectivity index (χ1v) is 12.9. The van der Waals surface area contributed by atoms with Gasteiger partial charge in [0.2, 0.25) is 11.8 Å². The Bertz CT molecular complexity index is 1380. The lowest BCUT2D eigenvalue weighted by molar-refractivity contribution is -0.275. The molecule has 1 atom stereocenters. The number of amides is 2. The number of rotatable bonds is 10. The SMILES string of the molecule is COc1cccc(OC(F)(F)F)c1C(C(=O)NCC1CC1)N(C(=O)C1(C(C)C)CC1)c1n[nH]c2cnccc12. The molecule has 3 aromatic rings. The first-order chi connectivity index (χ1) is 18.6. The molecule has 2 saturated carbocycles. The van der Waals surface area contributed by atoms with E-state index in [1.54, 1.807) is 6.07 Å². The largest absolute Gasteiger partial charge is 0.573 e. The molecule has 2 amide bonds. The molecule has 2 aromatic heterocycles. The van der Waals surface area contributed by atoms with E-state index < -0.39 is 35.4 Å². The number of nitrogens with zero attached hydrogens (tertiary/aromatic N) is 3. The van der Waals surface area contributed by atoms with Gasteiger partial charge in [0, 0.05) is 18.1 Å². The quantitative estimate of drug-likeness (QED) is 0.375. The first-order valence-electron chi connectivity index (χ1n) is 12.9. The van der Waals surface area contributed by atoms with Gasteiger partial charge < -0.3 is 14.8 Å². The second-order valence-corrected chi connectivity index (χ2v) is 10.5. The third kappa shape index (κ3) is 5.24. The number of carbonyl (C=O) groups excluding carboxylic acids is 2. The number of halogens is 3. The molecule has 2 aliphatic rings. The predicted molar refractivity (Wildman–Crippen MR) is 136 cm³/mol. The van der Waals surface area contributed by atoms with Gasteiger partial charge in [-0.3, -0.25) is 24.6 Å². The molecule has 2 aliphatic carbocycles. The Morgan fingerprint density at radius 3 is 2.54 bits per heavy atom. The van der Waals surface area contributed by atoms with Crippen molar-refractivity contribution in [2.45, 2.75) is 51.9 Å². The van der Waals surface area contributed by atoms with Gasteiger partial charge in [-0.05, 0) is 55.7 Å². The lowest BCUT2D eigenvalue weighted by Gasteiger charge is -2.35. The summed E-state index contributed by atoms with van der Waals surface area (Å²) in [6.45, 7) is 4.17. The summed E-state index contributed by atoms with van der Waals surface area (Å²) in [4.78, 5) is 33.8. The molecule has 12 heteroatoms. The molecule has 0 saturated heterocycles. The van der Waals surface area contributed by atoms with Crippen LogP contribution >= 0.6 is 0 Å². The van der Waals surface area contributed by atoms with E-state index in [-0.39, 0.29) is 29.0 Å². The van der Waals surface area contributed by atoms with Crippen molar-refractivity contribution in [2.75, 3.05) is 18.6 Å². The lowest BCUT2D eigenvalue weighted by Crippen LogP contribution is -2.48. The number of H-pyrrole nitrogens is 1. The summed E-state index contributed by atoms with van der Waals surface area (Å²) in [5.41, 5.74) is -0.507. The number of aromatic amines is 1. The van der Waals surface area contributed by atoms with E-state index in [1.807, 2.05) is 13.8 Å².